The average molecular weight is 435 g/mol. The second kappa shape index (κ2) is 9.82. The molecule has 0 aliphatic rings. The predicted molar refractivity (Wildman–Crippen MR) is 121 cm³/mol. The molecule has 0 spiro atoms. The van der Waals surface area contributed by atoms with Gasteiger partial charge in [-0.05, 0) is 74.9 Å². The van der Waals surface area contributed by atoms with E-state index in [9.17, 15) is 14.4 Å². The van der Waals surface area contributed by atoms with Crippen molar-refractivity contribution in [1.29, 1.82) is 0 Å². The van der Waals surface area contributed by atoms with E-state index >= 15 is 0 Å². The van der Waals surface area contributed by atoms with E-state index in [1.54, 1.807) is 69.3 Å². The van der Waals surface area contributed by atoms with Gasteiger partial charge in [-0.25, -0.2) is 4.79 Å². The highest BCUT2D eigenvalue weighted by molar-refractivity contribution is 6.02. The lowest BCUT2D eigenvalue weighted by atomic mass is 10.1. The highest BCUT2D eigenvalue weighted by atomic mass is 16.6. The lowest BCUT2D eigenvalue weighted by Crippen LogP contribution is -2.27. The first kappa shape index (κ1) is 22.6. The van der Waals surface area contributed by atoms with Crippen molar-refractivity contribution < 1.29 is 23.5 Å². The van der Waals surface area contributed by atoms with E-state index < -0.39 is 11.7 Å². The summed E-state index contributed by atoms with van der Waals surface area (Å²) in [6.45, 7) is 5.67. The topological polar surface area (TPSA) is 110 Å². The third-order valence-electron chi connectivity index (χ3n) is 4.20. The van der Waals surface area contributed by atoms with E-state index in [0.29, 0.717) is 23.5 Å². The summed E-state index contributed by atoms with van der Waals surface area (Å²) in [5.41, 5.74) is 1.89. The highest BCUT2D eigenvalue weighted by Gasteiger charge is 2.16. The van der Waals surface area contributed by atoms with E-state index in [4.69, 9.17) is 9.15 Å². The molecule has 0 aliphatic carbocycles. The van der Waals surface area contributed by atoms with E-state index in [0.717, 1.165) is 5.56 Å². The molecule has 0 unspecified atom stereocenters. The van der Waals surface area contributed by atoms with Gasteiger partial charge in [-0.3, -0.25) is 14.9 Å². The fourth-order valence-electron chi connectivity index (χ4n) is 2.72. The van der Waals surface area contributed by atoms with Gasteiger partial charge < -0.3 is 19.8 Å². The summed E-state index contributed by atoms with van der Waals surface area (Å²) in [6, 6.07) is 16.9. The normalized spacial score (nSPS) is 10.8. The van der Waals surface area contributed by atoms with E-state index in [2.05, 4.69) is 16.0 Å². The second-order valence-corrected chi connectivity index (χ2v) is 8.02. The standard InChI is InChI=1S/C24H25N3O5/c1-24(2,3)32-23(30)27-19-12-8-17(9-13-19)21(28)25-15-16-6-10-18(11-7-16)26-22(29)20-5-4-14-31-20/h4-14H,15H2,1-3H3,(H,25,28)(H,26,29)(H,27,30). The summed E-state index contributed by atoms with van der Waals surface area (Å²) in [4.78, 5) is 36.2. The Morgan fingerprint density at radius 3 is 2.06 bits per heavy atom. The first-order valence-corrected chi connectivity index (χ1v) is 10.0. The minimum absolute atomic E-state index is 0.230. The van der Waals surface area contributed by atoms with Crippen molar-refractivity contribution in [3.05, 3.63) is 83.8 Å². The van der Waals surface area contributed by atoms with Crippen LogP contribution in [-0.2, 0) is 11.3 Å². The van der Waals surface area contributed by atoms with Crippen molar-refractivity contribution in [2.24, 2.45) is 0 Å². The third-order valence-corrected chi connectivity index (χ3v) is 4.20. The average Bonchev–Trinajstić information content (AvgIpc) is 3.27. The number of carbonyl (C=O) groups is 3. The van der Waals surface area contributed by atoms with Crippen LogP contribution < -0.4 is 16.0 Å². The quantitative estimate of drug-likeness (QED) is 0.515. The van der Waals surface area contributed by atoms with Crippen LogP contribution >= 0.6 is 0 Å². The van der Waals surface area contributed by atoms with Crippen molar-refractivity contribution in [2.45, 2.75) is 32.9 Å². The Morgan fingerprint density at radius 1 is 0.844 bits per heavy atom. The van der Waals surface area contributed by atoms with Gasteiger partial charge in [0, 0.05) is 23.5 Å². The van der Waals surface area contributed by atoms with Crippen molar-refractivity contribution in [3.8, 4) is 0 Å². The Labute approximate surface area is 186 Å². The van der Waals surface area contributed by atoms with Crippen LogP contribution in [0.25, 0.3) is 0 Å². The molecule has 0 atom stereocenters. The number of ether oxygens (including phenoxy) is 1. The van der Waals surface area contributed by atoms with Gasteiger partial charge in [-0.2, -0.15) is 0 Å². The zero-order valence-corrected chi connectivity index (χ0v) is 18.1. The number of anilines is 2. The number of furan rings is 1. The van der Waals surface area contributed by atoms with Crippen LogP contribution in [0.3, 0.4) is 0 Å². The number of benzene rings is 2. The van der Waals surface area contributed by atoms with Gasteiger partial charge in [0.15, 0.2) is 5.76 Å². The van der Waals surface area contributed by atoms with E-state index in [-0.39, 0.29) is 17.6 Å². The molecule has 8 nitrogen and oxygen atoms in total. The van der Waals surface area contributed by atoms with Gasteiger partial charge in [-0.1, -0.05) is 12.1 Å². The number of rotatable bonds is 6. The van der Waals surface area contributed by atoms with Crippen LogP contribution in [0, 0.1) is 0 Å². The Balaban J connectivity index is 1.48. The second-order valence-electron chi connectivity index (χ2n) is 8.02. The van der Waals surface area contributed by atoms with Crippen molar-refractivity contribution in [3.63, 3.8) is 0 Å². The molecule has 0 saturated heterocycles. The SMILES string of the molecule is CC(C)(C)OC(=O)Nc1ccc(C(=O)NCc2ccc(NC(=O)c3ccco3)cc2)cc1. The molecular formula is C24H25N3O5. The molecule has 0 aliphatic heterocycles. The Morgan fingerprint density at radius 2 is 1.47 bits per heavy atom. The van der Waals surface area contributed by atoms with Crippen LogP contribution in [0.1, 0.15) is 47.2 Å². The van der Waals surface area contributed by atoms with Crippen LogP contribution in [0.4, 0.5) is 16.2 Å². The van der Waals surface area contributed by atoms with Crippen LogP contribution in [0.5, 0.6) is 0 Å². The zero-order chi connectivity index (χ0) is 23.1. The molecule has 2 aromatic carbocycles. The molecule has 0 bridgehead atoms. The summed E-state index contributed by atoms with van der Waals surface area (Å²) in [6.07, 6.45) is 0.879. The number of carbonyl (C=O) groups excluding carboxylic acids is 3. The first-order valence-electron chi connectivity index (χ1n) is 10.0. The maximum atomic E-state index is 12.4. The summed E-state index contributed by atoms with van der Waals surface area (Å²) in [5.74, 6) is -0.349. The molecule has 3 amide bonds. The third kappa shape index (κ3) is 6.73. The smallest absolute Gasteiger partial charge is 0.412 e. The van der Waals surface area contributed by atoms with E-state index in [1.807, 2.05) is 12.1 Å². The summed E-state index contributed by atoms with van der Waals surface area (Å²) < 4.78 is 10.3. The fourth-order valence-corrected chi connectivity index (χ4v) is 2.72. The molecule has 0 radical (unpaired) electrons. The number of nitrogens with one attached hydrogen (secondary N) is 3. The van der Waals surface area contributed by atoms with Crippen molar-refractivity contribution in [1.82, 2.24) is 5.32 Å². The Kier molecular flexibility index (Phi) is 6.94. The summed E-state index contributed by atoms with van der Waals surface area (Å²) >= 11 is 0. The largest absolute Gasteiger partial charge is 0.459 e. The maximum absolute atomic E-state index is 12.4. The molecular weight excluding hydrogens is 410 g/mol. The lowest BCUT2D eigenvalue weighted by Gasteiger charge is -2.19. The minimum atomic E-state index is -0.590. The number of hydrogen-bond donors (Lipinski definition) is 3. The fraction of sp³-hybridized carbons (Fsp3) is 0.208. The Hall–Kier alpha value is -4.07. The van der Waals surface area contributed by atoms with Gasteiger partial charge in [-0.15, -0.1) is 0 Å². The molecule has 0 fully saturated rings. The maximum Gasteiger partial charge on any atom is 0.412 e. The monoisotopic (exact) mass is 435 g/mol. The van der Waals surface area contributed by atoms with Crippen LogP contribution in [0.2, 0.25) is 0 Å². The van der Waals surface area contributed by atoms with Crippen molar-refractivity contribution in [2.75, 3.05) is 10.6 Å². The van der Waals surface area contributed by atoms with Gasteiger partial charge >= 0.3 is 6.09 Å². The summed E-state index contributed by atoms with van der Waals surface area (Å²) in [7, 11) is 0. The molecule has 1 heterocycles. The lowest BCUT2D eigenvalue weighted by molar-refractivity contribution is 0.0635. The molecule has 3 rings (SSSR count). The molecule has 3 N–H and O–H groups in total. The van der Waals surface area contributed by atoms with Crippen molar-refractivity contribution >= 4 is 29.3 Å². The molecule has 1 aromatic heterocycles. The molecule has 3 aromatic rings. The van der Waals surface area contributed by atoms with Crippen LogP contribution in [-0.4, -0.2) is 23.5 Å². The number of amides is 3. The molecule has 166 valence electrons. The predicted octanol–water partition coefficient (Wildman–Crippen LogP) is 4.81. The Bertz CT molecular complexity index is 1070. The highest BCUT2D eigenvalue weighted by Crippen LogP contribution is 2.14. The van der Waals surface area contributed by atoms with Gasteiger partial charge in [0.2, 0.25) is 0 Å². The zero-order valence-electron chi connectivity index (χ0n) is 18.1. The van der Waals surface area contributed by atoms with E-state index in [1.165, 1.54) is 6.26 Å². The minimum Gasteiger partial charge on any atom is -0.459 e. The van der Waals surface area contributed by atoms with Crippen LogP contribution in [0.15, 0.2) is 71.3 Å². The number of hydrogen-bond acceptors (Lipinski definition) is 5. The van der Waals surface area contributed by atoms with Gasteiger partial charge in [0.1, 0.15) is 5.60 Å². The van der Waals surface area contributed by atoms with Gasteiger partial charge in [0.05, 0.1) is 6.26 Å². The first-order chi connectivity index (χ1) is 15.2. The van der Waals surface area contributed by atoms with Gasteiger partial charge in [0.25, 0.3) is 11.8 Å². The molecule has 8 heteroatoms. The summed E-state index contributed by atoms with van der Waals surface area (Å²) in [5, 5.41) is 8.19. The molecule has 0 saturated carbocycles. The molecule has 32 heavy (non-hydrogen) atoms.